The molecule has 0 aromatic heterocycles. The number of rotatable bonds is 1. The zero-order valence-corrected chi connectivity index (χ0v) is 7.80. The van der Waals surface area contributed by atoms with Crippen LogP contribution in [0.4, 0.5) is 0 Å². The molecule has 1 aliphatic carbocycles. The van der Waals surface area contributed by atoms with Gasteiger partial charge in [0.1, 0.15) is 0 Å². The summed E-state index contributed by atoms with van der Waals surface area (Å²) < 4.78 is 0. The Morgan fingerprint density at radius 3 is 2.18 bits per heavy atom. The summed E-state index contributed by atoms with van der Waals surface area (Å²) in [6, 6.07) is 0.803. The zero-order chi connectivity index (χ0) is 8.48. The molecule has 0 aromatic carbocycles. The average molecular weight is 157 g/mol. The van der Waals surface area contributed by atoms with Crippen molar-refractivity contribution in [1.82, 2.24) is 4.90 Å². The first-order chi connectivity index (χ1) is 5.26. The summed E-state index contributed by atoms with van der Waals surface area (Å²) in [4.78, 5) is 2.36. The molecule has 0 aromatic rings. The molecule has 2 heteroatoms. The van der Waals surface area contributed by atoms with Gasteiger partial charge in [-0.05, 0) is 19.9 Å². The molecule has 0 spiro atoms. The second kappa shape index (κ2) is 3.11. The van der Waals surface area contributed by atoms with Gasteiger partial charge in [-0.1, -0.05) is 13.8 Å². The molecule has 11 heavy (non-hydrogen) atoms. The Morgan fingerprint density at radius 1 is 1.45 bits per heavy atom. The Labute approximate surface area is 69.2 Å². The van der Waals surface area contributed by atoms with Gasteiger partial charge in [0.25, 0.3) is 0 Å². The smallest absolute Gasteiger partial charge is 0.0500 e. The van der Waals surface area contributed by atoms with Crippen LogP contribution >= 0.6 is 0 Å². The highest BCUT2D eigenvalue weighted by molar-refractivity contribution is 5.06. The molecule has 2 saturated heterocycles. The van der Waals surface area contributed by atoms with Gasteiger partial charge in [0.2, 0.25) is 0 Å². The van der Waals surface area contributed by atoms with Gasteiger partial charge in [-0.3, -0.25) is 0 Å². The van der Waals surface area contributed by atoms with E-state index in [-0.39, 0.29) is 0 Å². The standard InChI is InChI=1S/C7H13NO.C2H6/c1-8-4-7(5-9)2-6(8)3-7;1-2/h6,9H,2-5H2,1H3;1-2H3. The zero-order valence-electron chi connectivity index (χ0n) is 7.80. The van der Waals surface area contributed by atoms with Crippen LogP contribution in [0.15, 0.2) is 0 Å². The summed E-state index contributed by atoms with van der Waals surface area (Å²) in [6.07, 6.45) is 2.47. The molecule has 0 radical (unpaired) electrons. The summed E-state index contributed by atoms with van der Waals surface area (Å²) in [7, 11) is 2.15. The second-order valence-corrected chi connectivity index (χ2v) is 3.64. The number of hydrogen-bond donors (Lipinski definition) is 1. The van der Waals surface area contributed by atoms with Crippen LogP contribution in [0.2, 0.25) is 0 Å². The third-order valence-electron chi connectivity index (χ3n) is 2.88. The molecule has 1 N–H and O–H groups in total. The van der Waals surface area contributed by atoms with Crippen molar-refractivity contribution in [2.24, 2.45) is 5.41 Å². The first-order valence-corrected chi connectivity index (χ1v) is 4.57. The van der Waals surface area contributed by atoms with Crippen molar-refractivity contribution in [3.63, 3.8) is 0 Å². The lowest BCUT2D eigenvalue weighted by molar-refractivity contribution is 0.0847. The SMILES string of the molecule is CC.CN1CC2(CO)CC1C2. The van der Waals surface area contributed by atoms with E-state index >= 15 is 0 Å². The lowest BCUT2D eigenvalue weighted by atomic mass is 9.71. The molecule has 0 atom stereocenters. The highest BCUT2D eigenvalue weighted by Crippen LogP contribution is 2.50. The van der Waals surface area contributed by atoms with Crippen molar-refractivity contribution in [2.75, 3.05) is 20.2 Å². The number of aliphatic hydroxyl groups excluding tert-OH is 1. The topological polar surface area (TPSA) is 23.5 Å². The number of nitrogens with zero attached hydrogens (tertiary/aromatic N) is 1. The largest absolute Gasteiger partial charge is 0.396 e. The number of aliphatic hydroxyl groups is 1. The molecule has 1 saturated carbocycles. The third kappa shape index (κ3) is 1.30. The summed E-state index contributed by atoms with van der Waals surface area (Å²) in [5.41, 5.74) is 0.333. The molecule has 2 nitrogen and oxygen atoms in total. The molecule has 0 amide bonds. The van der Waals surface area contributed by atoms with Gasteiger partial charge in [0, 0.05) is 18.0 Å². The Hall–Kier alpha value is -0.0800. The van der Waals surface area contributed by atoms with Crippen LogP contribution in [-0.4, -0.2) is 36.2 Å². The van der Waals surface area contributed by atoms with E-state index in [1.54, 1.807) is 0 Å². The fraction of sp³-hybridized carbons (Fsp3) is 1.00. The van der Waals surface area contributed by atoms with Crippen LogP contribution in [0.1, 0.15) is 26.7 Å². The predicted molar refractivity (Wildman–Crippen MR) is 46.5 cm³/mol. The van der Waals surface area contributed by atoms with Crippen LogP contribution in [0, 0.1) is 5.41 Å². The van der Waals surface area contributed by atoms with Crippen molar-refractivity contribution >= 4 is 0 Å². The molecule has 2 heterocycles. The molecule has 0 unspecified atom stereocenters. The monoisotopic (exact) mass is 157 g/mol. The van der Waals surface area contributed by atoms with Crippen molar-refractivity contribution in [3.8, 4) is 0 Å². The van der Waals surface area contributed by atoms with Gasteiger partial charge in [-0.15, -0.1) is 0 Å². The van der Waals surface area contributed by atoms with Crippen LogP contribution < -0.4 is 0 Å². The van der Waals surface area contributed by atoms with E-state index in [9.17, 15) is 0 Å². The first-order valence-electron chi connectivity index (χ1n) is 4.57. The maximum absolute atomic E-state index is 8.95. The number of hydrogen-bond acceptors (Lipinski definition) is 2. The van der Waals surface area contributed by atoms with Crippen LogP contribution in [0.25, 0.3) is 0 Å². The molecule has 66 valence electrons. The van der Waals surface area contributed by atoms with Crippen molar-refractivity contribution in [2.45, 2.75) is 32.7 Å². The maximum Gasteiger partial charge on any atom is 0.0500 e. The number of fused-ring (bicyclic) bond motifs is 1. The highest BCUT2D eigenvalue weighted by Gasteiger charge is 2.52. The lowest BCUT2D eigenvalue weighted by Gasteiger charge is -2.35. The Kier molecular flexibility index (Phi) is 2.55. The molecule has 3 fully saturated rings. The van der Waals surface area contributed by atoms with Gasteiger partial charge in [0.15, 0.2) is 0 Å². The maximum atomic E-state index is 8.95. The van der Waals surface area contributed by atoms with E-state index in [0.717, 1.165) is 12.6 Å². The van der Waals surface area contributed by atoms with E-state index in [0.29, 0.717) is 12.0 Å². The van der Waals surface area contributed by atoms with E-state index in [4.69, 9.17) is 5.11 Å². The molecule has 3 aliphatic rings. The minimum absolute atomic E-state index is 0.333. The summed E-state index contributed by atoms with van der Waals surface area (Å²) in [5, 5.41) is 8.95. The molecule has 2 bridgehead atoms. The third-order valence-corrected chi connectivity index (χ3v) is 2.88. The minimum Gasteiger partial charge on any atom is -0.396 e. The van der Waals surface area contributed by atoms with E-state index in [2.05, 4.69) is 11.9 Å². The van der Waals surface area contributed by atoms with E-state index < -0.39 is 0 Å². The highest BCUT2D eigenvalue weighted by atomic mass is 16.3. The molecule has 2 aliphatic heterocycles. The van der Waals surface area contributed by atoms with Crippen molar-refractivity contribution in [1.29, 1.82) is 0 Å². The van der Waals surface area contributed by atoms with Gasteiger partial charge in [-0.2, -0.15) is 0 Å². The van der Waals surface area contributed by atoms with Gasteiger partial charge >= 0.3 is 0 Å². The summed E-state index contributed by atoms with van der Waals surface area (Å²) in [5.74, 6) is 0. The summed E-state index contributed by atoms with van der Waals surface area (Å²) >= 11 is 0. The lowest BCUT2D eigenvalue weighted by Crippen LogP contribution is -2.36. The van der Waals surface area contributed by atoms with Gasteiger partial charge in [-0.25, -0.2) is 0 Å². The van der Waals surface area contributed by atoms with E-state index in [1.807, 2.05) is 13.8 Å². The predicted octanol–water partition coefficient (Wildman–Crippen LogP) is 1.10. The fourth-order valence-electron chi connectivity index (χ4n) is 2.22. The Bertz CT molecular complexity index is 130. The average Bonchev–Trinajstić information content (AvgIpc) is 2.44. The summed E-state index contributed by atoms with van der Waals surface area (Å²) in [6.45, 7) is 5.52. The van der Waals surface area contributed by atoms with Gasteiger partial charge < -0.3 is 10.0 Å². The Morgan fingerprint density at radius 2 is 2.00 bits per heavy atom. The first kappa shape index (κ1) is 9.01. The quantitative estimate of drug-likeness (QED) is 0.616. The molecule has 3 rings (SSSR count). The van der Waals surface area contributed by atoms with Crippen molar-refractivity contribution < 1.29 is 5.11 Å². The van der Waals surface area contributed by atoms with E-state index in [1.165, 1.54) is 12.8 Å². The minimum atomic E-state index is 0.333. The van der Waals surface area contributed by atoms with Crippen molar-refractivity contribution in [3.05, 3.63) is 0 Å². The molecular weight excluding hydrogens is 138 g/mol. The van der Waals surface area contributed by atoms with Crippen LogP contribution in [-0.2, 0) is 0 Å². The Balaban J connectivity index is 0.000000281. The second-order valence-electron chi connectivity index (χ2n) is 3.64. The molecular formula is C9H19NO. The van der Waals surface area contributed by atoms with Crippen LogP contribution in [0.3, 0.4) is 0 Å². The van der Waals surface area contributed by atoms with Crippen LogP contribution in [0.5, 0.6) is 0 Å². The van der Waals surface area contributed by atoms with Gasteiger partial charge in [0.05, 0.1) is 6.61 Å². The normalized spacial score (nSPS) is 40.9. The fourth-order valence-corrected chi connectivity index (χ4v) is 2.22.